The van der Waals surface area contributed by atoms with Gasteiger partial charge in [0.1, 0.15) is 17.6 Å². The minimum absolute atomic E-state index is 0.494. The standard InChI is InChI=1S/C15H14BrClO3/c1-19-11-5-9(6-12(8-11)20-2)15(18)13-4-3-10(16)7-14(13)17/h3-8,15,18H,1-2H3. The fourth-order valence-electron chi connectivity index (χ4n) is 1.89. The SMILES string of the molecule is COc1cc(OC)cc(C(O)c2ccc(Br)cc2Cl)c1. The zero-order valence-electron chi connectivity index (χ0n) is 11.1. The maximum atomic E-state index is 10.5. The molecule has 0 fully saturated rings. The van der Waals surface area contributed by atoms with Crippen molar-refractivity contribution >= 4 is 27.5 Å². The fourth-order valence-corrected chi connectivity index (χ4v) is 2.67. The molecule has 1 N–H and O–H groups in total. The molecule has 0 radical (unpaired) electrons. The summed E-state index contributed by atoms with van der Waals surface area (Å²) in [6, 6.07) is 10.6. The number of benzene rings is 2. The monoisotopic (exact) mass is 356 g/mol. The van der Waals surface area contributed by atoms with Gasteiger partial charge < -0.3 is 14.6 Å². The molecule has 3 nitrogen and oxygen atoms in total. The number of methoxy groups -OCH3 is 2. The molecule has 0 aliphatic carbocycles. The summed E-state index contributed by atoms with van der Waals surface area (Å²) in [5, 5.41) is 11.0. The molecule has 106 valence electrons. The first-order valence-electron chi connectivity index (χ1n) is 5.91. The lowest BCUT2D eigenvalue weighted by Crippen LogP contribution is -2.02. The Kier molecular flexibility index (Phi) is 4.91. The molecule has 2 rings (SSSR count). The van der Waals surface area contributed by atoms with Crippen LogP contribution in [0.4, 0.5) is 0 Å². The Morgan fingerprint density at radius 1 is 1.05 bits per heavy atom. The quantitative estimate of drug-likeness (QED) is 0.891. The molecule has 0 bridgehead atoms. The average Bonchev–Trinajstić information content (AvgIpc) is 2.46. The van der Waals surface area contributed by atoms with E-state index in [1.807, 2.05) is 6.07 Å². The van der Waals surface area contributed by atoms with Crippen LogP contribution in [0.1, 0.15) is 17.2 Å². The average molecular weight is 358 g/mol. The van der Waals surface area contributed by atoms with E-state index in [-0.39, 0.29) is 0 Å². The van der Waals surface area contributed by atoms with Gasteiger partial charge in [-0.05, 0) is 29.8 Å². The normalized spacial score (nSPS) is 12.1. The van der Waals surface area contributed by atoms with Gasteiger partial charge in [-0.2, -0.15) is 0 Å². The fraction of sp³-hybridized carbons (Fsp3) is 0.200. The zero-order valence-corrected chi connectivity index (χ0v) is 13.4. The first-order valence-corrected chi connectivity index (χ1v) is 7.08. The van der Waals surface area contributed by atoms with Crippen LogP contribution in [-0.4, -0.2) is 19.3 Å². The number of rotatable bonds is 4. The Bertz CT molecular complexity index is 594. The molecule has 2 aromatic rings. The van der Waals surface area contributed by atoms with Crippen LogP contribution in [0.2, 0.25) is 5.02 Å². The summed E-state index contributed by atoms with van der Waals surface area (Å²) in [5.74, 6) is 1.23. The van der Waals surface area contributed by atoms with Crippen LogP contribution >= 0.6 is 27.5 Å². The van der Waals surface area contributed by atoms with Gasteiger partial charge in [0, 0.05) is 21.1 Å². The number of aliphatic hydroxyl groups is 1. The summed E-state index contributed by atoms with van der Waals surface area (Å²) < 4.78 is 11.3. The van der Waals surface area contributed by atoms with E-state index in [1.54, 1.807) is 44.6 Å². The third-order valence-corrected chi connectivity index (χ3v) is 3.77. The molecule has 1 atom stereocenters. The molecule has 0 aliphatic heterocycles. The van der Waals surface area contributed by atoms with Crippen molar-refractivity contribution < 1.29 is 14.6 Å². The van der Waals surface area contributed by atoms with Crippen molar-refractivity contribution in [3.05, 3.63) is 57.0 Å². The number of hydrogen-bond acceptors (Lipinski definition) is 3. The Morgan fingerprint density at radius 2 is 1.65 bits per heavy atom. The van der Waals surface area contributed by atoms with Gasteiger partial charge in [-0.1, -0.05) is 33.6 Å². The first kappa shape index (κ1) is 15.2. The summed E-state index contributed by atoms with van der Waals surface area (Å²) in [6.07, 6.45) is -0.848. The number of ether oxygens (including phenoxy) is 2. The number of halogens is 2. The number of aliphatic hydroxyl groups excluding tert-OH is 1. The minimum Gasteiger partial charge on any atom is -0.497 e. The van der Waals surface area contributed by atoms with Crippen molar-refractivity contribution in [2.75, 3.05) is 14.2 Å². The third-order valence-electron chi connectivity index (χ3n) is 2.95. The van der Waals surface area contributed by atoms with Crippen LogP contribution in [0.15, 0.2) is 40.9 Å². The highest BCUT2D eigenvalue weighted by molar-refractivity contribution is 9.10. The lowest BCUT2D eigenvalue weighted by atomic mass is 10.0. The van der Waals surface area contributed by atoms with Crippen LogP contribution in [0, 0.1) is 0 Å². The van der Waals surface area contributed by atoms with E-state index in [0.29, 0.717) is 27.6 Å². The second-order valence-electron chi connectivity index (χ2n) is 4.21. The van der Waals surface area contributed by atoms with Crippen molar-refractivity contribution in [2.24, 2.45) is 0 Å². The van der Waals surface area contributed by atoms with Crippen LogP contribution in [0.5, 0.6) is 11.5 Å². The van der Waals surface area contributed by atoms with Crippen molar-refractivity contribution in [2.45, 2.75) is 6.10 Å². The maximum Gasteiger partial charge on any atom is 0.122 e. The molecule has 0 saturated heterocycles. The summed E-state index contributed by atoms with van der Waals surface area (Å²) in [7, 11) is 3.13. The summed E-state index contributed by atoms with van der Waals surface area (Å²) >= 11 is 9.51. The highest BCUT2D eigenvalue weighted by Crippen LogP contribution is 2.34. The van der Waals surface area contributed by atoms with Gasteiger partial charge in [-0.25, -0.2) is 0 Å². The Hall–Kier alpha value is -1.23. The lowest BCUT2D eigenvalue weighted by Gasteiger charge is -2.15. The second-order valence-corrected chi connectivity index (χ2v) is 5.54. The predicted molar refractivity (Wildman–Crippen MR) is 82.8 cm³/mol. The minimum atomic E-state index is -0.848. The highest BCUT2D eigenvalue weighted by atomic mass is 79.9. The zero-order chi connectivity index (χ0) is 14.7. The third kappa shape index (κ3) is 3.26. The molecule has 20 heavy (non-hydrogen) atoms. The Balaban J connectivity index is 2.44. The summed E-state index contributed by atoms with van der Waals surface area (Å²) in [5.41, 5.74) is 1.29. The van der Waals surface area contributed by atoms with E-state index in [0.717, 1.165) is 4.47 Å². The topological polar surface area (TPSA) is 38.7 Å². The highest BCUT2D eigenvalue weighted by Gasteiger charge is 2.16. The van der Waals surface area contributed by atoms with Crippen LogP contribution in [0.3, 0.4) is 0 Å². The second kappa shape index (κ2) is 6.48. The maximum absolute atomic E-state index is 10.5. The van der Waals surface area contributed by atoms with Gasteiger partial charge in [0.2, 0.25) is 0 Å². The Morgan fingerprint density at radius 3 is 2.15 bits per heavy atom. The first-order chi connectivity index (χ1) is 9.55. The molecular formula is C15H14BrClO3. The molecule has 0 saturated carbocycles. The van der Waals surface area contributed by atoms with E-state index in [1.165, 1.54) is 0 Å². The molecule has 0 spiro atoms. The van der Waals surface area contributed by atoms with Crippen molar-refractivity contribution in [1.82, 2.24) is 0 Å². The van der Waals surface area contributed by atoms with Gasteiger partial charge in [0.05, 0.1) is 14.2 Å². The molecule has 2 aromatic carbocycles. The van der Waals surface area contributed by atoms with Crippen molar-refractivity contribution in [3.8, 4) is 11.5 Å². The molecule has 0 heterocycles. The molecule has 0 aromatic heterocycles. The Labute approximate surface area is 131 Å². The molecule has 0 amide bonds. The van der Waals surface area contributed by atoms with Crippen molar-refractivity contribution in [3.63, 3.8) is 0 Å². The molecule has 0 aliphatic rings. The van der Waals surface area contributed by atoms with Crippen LogP contribution < -0.4 is 9.47 Å². The van der Waals surface area contributed by atoms with Gasteiger partial charge >= 0.3 is 0 Å². The molecule has 1 unspecified atom stereocenters. The van der Waals surface area contributed by atoms with Gasteiger partial charge in [0.25, 0.3) is 0 Å². The van der Waals surface area contributed by atoms with Crippen LogP contribution in [0.25, 0.3) is 0 Å². The lowest BCUT2D eigenvalue weighted by molar-refractivity contribution is 0.219. The predicted octanol–water partition coefficient (Wildman–Crippen LogP) is 4.20. The number of hydrogen-bond donors (Lipinski definition) is 1. The van der Waals surface area contributed by atoms with E-state index < -0.39 is 6.10 Å². The van der Waals surface area contributed by atoms with Gasteiger partial charge in [-0.15, -0.1) is 0 Å². The van der Waals surface area contributed by atoms with E-state index >= 15 is 0 Å². The van der Waals surface area contributed by atoms with Crippen molar-refractivity contribution in [1.29, 1.82) is 0 Å². The van der Waals surface area contributed by atoms with E-state index in [2.05, 4.69) is 15.9 Å². The van der Waals surface area contributed by atoms with E-state index in [9.17, 15) is 5.11 Å². The van der Waals surface area contributed by atoms with Crippen LogP contribution in [-0.2, 0) is 0 Å². The van der Waals surface area contributed by atoms with E-state index in [4.69, 9.17) is 21.1 Å². The van der Waals surface area contributed by atoms with Gasteiger partial charge in [0.15, 0.2) is 0 Å². The molecular weight excluding hydrogens is 344 g/mol. The smallest absolute Gasteiger partial charge is 0.122 e. The summed E-state index contributed by atoms with van der Waals surface area (Å²) in [6.45, 7) is 0. The summed E-state index contributed by atoms with van der Waals surface area (Å²) in [4.78, 5) is 0. The largest absolute Gasteiger partial charge is 0.497 e. The van der Waals surface area contributed by atoms with Gasteiger partial charge in [-0.3, -0.25) is 0 Å². The molecule has 5 heteroatoms.